The van der Waals surface area contributed by atoms with Crippen molar-refractivity contribution >= 4 is 27.3 Å². The van der Waals surface area contributed by atoms with Gasteiger partial charge in [-0.15, -0.1) is 0 Å². The minimum Gasteiger partial charge on any atom is -0.375 e. The Morgan fingerprint density at radius 3 is 2.71 bits per heavy atom. The van der Waals surface area contributed by atoms with Crippen molar-refractivity contribution in [2.24, 2.45) is 5.92 Å². The smallest absolute Gasteiger partial charge is 0.269 e. The maximum Gasteiger partial charge on any atom is 0.269 e. The molecule has 2 aliphatic rings. The van der Waals surface area contributed by atoms with E-state index in [0.29, 0.717) is 5.69 Å². The number of hydrogen-bond acceptors (Lipinski definition) is 3. The molecule has 0 spiro atoms. The molecule has 1 aliphatic heterocycles. The highest BCUT2D eigenvalue weighted by Crippen LogP contribution is 2.51. The second-order valence-electron chi connectivity index (χ2n) is 6.18. The molecule has 0 saturated heterocycles. The minimum absolute atomic E-state index is 0.0613. The second kappa shape index (κ2) is 5.70. The molecule has 0 unspecified atom stereocenters. The van der Waals surface area contributed by atoms with Gasteiger partial charge in [-0.3, -0.25) is 10.1 Å². The summed E-state index contributed by atoms with van der Waals surface area (Å²) in [5.41, 5.74) is 2.48. The average molecular weight is 389 g/mol. The lowest BCUT2D eigenvalue weighted by Crippen LogP contribution is -2.29. The molecule has 122 valence electrons. The molecule has 0 aromatic heterocycles. The highest BCUT2D eigenvalue weighted by molar-refractivity contribution is 9.10. The molecule has 0 fully saturated rings. The quantitative estimate of drug-likeness (QED) is 0.430. The van der Waals surface area contributed by atoms with E-state index in [1.54, 1.807) is 12.1 Å². The van der Waals surface area contributed by atoms with Gasteiger partial charge in [0, 0.05) is 22.5 Å². The van der Waals surface area contributed by atoms with Crippen LogP contribution in [-0.4, -0.2) is 4.92 Å². The topological polar surface area (TPSA) is 55.2 Å². The fraction of sp³-hybridized carbons (Fsp3) is 0.222. The number of allylic oxidation sites excluding steroid dienone is 2. The van der Waals surface area contributed by atoms with Crippen molar-refractivity contribution in [1.29, 1.82) is 0 Å². The van der Waals surface area contributed by atoms with Crippen molar-refractivity contribution < 1.29 is 9.31 Å². The van der Waals surface area contributed by atoms with Crippen LogP contribution in [0.2, 0.25) is 0 Å². The number of hydrogen-bond donors (Lipinski definition) is 1. The molecule has 0 saturated carbocycles. The van der Waals surface area contributed by atoms with Crippen LogP contribution in [0.1, 0.15) is 29.5 Å². The number of nitro benzene ring substituents is 1. The third kappa shape index (κ3) is 2.41. The van der Waals surface area contributed by atoms with Gasteiger partial charge in [-0.05, 0) is 35.6 Å². The van der Waals surface area contributed by atoms with E-state index in [9.17, 15) is 14.5 Å². The number of rotatable bonds is 2. The summed E-state index contributed by atoms with van der Waals surface area (Å²) in [5.74, 6) is 0.131. The Hall–Kier alpha value is -2.21. The number of anilines is 1. The Labute approximate surface area is 146 Å². The lowest BCUT2D eigenvalue weighted by atomic mass is 9.77. The van der Waals surface area contributed by atoms with Gasteiger partial charge in [-0.2, -0.15) is 0 Å². The summed E-state index contributed by atoms with van der Waals surface area (Å²) in [7, 11) is 0. The predicted molar refractivity (Wildman–Crippen MR) is 93.5 cm³/mol. The van der Waals surface area contributed by atoms with Gasteiger partial charge < -0.3 is 5.32 Å². The van der Waals surface area contributed by atoms with Crippen molar-refractivity contribution in [3.63, 3.8) is 0 Å². The first-order valence-electron chi connectivity index (χ1n) is 7.71. The Kier molecular flexibility index (Phi) is 3.64. The lowest BCUT2D eigenvalue weighted by Gasteiger charge is -2.37. The van der Waals surface area contributed by atoms with E-state index >= 15 is 0 Å². The van der Waals surface area contributed by atoms with Crippen molar-refractivity contribution in [3.8, 4) is 0 Å². The summed E-state index contributed by atoms with van der Waals surface area (Å²) in [5, 5.41) is 14.2. The zero-order valence-electron chi connectivity index (χ0n) is 12.6. The van der Waals surface area contributed by atoms with Crippen LogP contribution in [0.25, 0.3) is 0 Å². The maximum absolute atomic E-state index is 14.4. The molecule has 1 heterocycles. The number of fused-ring (bicyclic) bond motifs is 3. The Morgan fingerprint density at radius 2 is 2.00 bits per heavy atom. The fourth-order valence-electron chi connectivity index (χ4n) is 3.75. The molecular weight excluding hydrogens is 375 g/mol. The van der Waals surface area contributed by atoms with Crippen LogP contribution in [0.4, 0.5) is 15.8 Å². The van der Waals surface area contributed by atoms with Crippen molar-refractivity contribution in [3.05, 3.63) is 80.1 Å². The number of benzene rings is 2. The van der Waals surface area contributed by atoms with Gasteiger partial charge in [0.05, 0.1) is 16.7 Å². The summed E-state index contributed by atoms with van der Waals surface area (Å²) in [4.78, 5) is 10.4. The number of nitrogens with zero attached hydrogens (tertiary/aromatic N) is 1. The van der Waals surface area contributed by atoms with Crippen LogP contribution in [0.5, 0.6) is 0 Å². The molecule has 24 heavy (non-hydrogen) atoms. The van der Waals surface area contributed by atoms with Gasteiger partial charge in [0.2, 0.25) is 0 Å². The van der Waals surface area contributed by atoms with Gasteiger partial charge in [0.15, 0.2) is 0 Å². The Morgan fingerprint density at radius 1 is 1.25 bits per heavy atom. The van der Waals surface area contributed by atoms with Crippen LogP contribution in [-0.2, 0) is 0 Å². The summed E-state index contributed by atoms with van der Waals surface area (Å²) in [6, 6.07) is 9.86. The molecule has 2 aromatic carbocycles. The summed E-state index contributed by atoms with van der Waals surface area (Å²) in [6.45, 7) is 0. The molecule has 4 nitrogen and oxygen atoms in total. The van der Waals surface area contributed by atoms with E-state index in [-0.39, 0.29) is 29.4 Å². The highest BCUT2D eigenvalue weighted by Gasteiger charge is 2.39. The number of non-ortho nitro benzene ring substituents is 1. The zero-order valence-corrected chi connectivity index (χ0v) is 14.2. The van der Waals surface area contributed by atoms with Crippen LogP contribution in [0.3, 0.4) is 0 Å². The van der Waals surface area contributed by atoms with Gasteiger partial charge in [0.25, 0.3) is 5.69 Å². The lowest BCUT2D eigenvalue weighted by molar-refractivity contribution is -0.384. The molecule has 4 rings (SSSR count). The van der Waals surface area contributed by atoms with Gasteiger partial charge in [0.1, 0.15) is 5.82 Å². The monoisotopic (exact) mass is 388 g/mol. The Bertz CT molecular complexity index is 851. The molecule has 0 amide bonds. The first kappa shape index (κ1) is 15.3. The molecule has 1 aliphatic carbocycles. The number of nitrogens with one attached hydrogen (secondary N) is 1. The van der Waals surface area contributed by atoms with Gasteiger partial charge >= 0.3 is 0 Å². The van der Waals surface area contributed by atoms with E-state index < -0.39 is 4.92 Å². The van der Waals surface area contributed by atoms with Crippen LogP contribution in [0, 0.1) is 21.8 Å². The Balaban J connectivity index is 1.76. The van der Waals surface area contributed by atoms with Crippen molar-refractivity contribution in [1.82, 2.24) is 0 Å². The highest BCUT2D eigenvalue weighted by atomic mass is 79.9. The second-order valence-corrected chi connectivity index (χ2v) is 7.09. The van der Waals surface area contributed by atoms with E-state index in [2.05, 4.69) is 33.4 Å². The normalized spacial score (nSPS) is 24.2. The zero-order chi connectivity index (χ0) is 16.8. The van der Waals surface area contributed by atoms with Crippen LogP contribution >= 0.6 is 15.9 Å². The molecular formula is C18H14BrFN2O2. The summed E-state index contributed by atoms with van der Waals surface area (Å²) < 4.78 is 15.2. The molecule has 0 bridgehead atoms. The number of halogens is 2. The van der Waals surface area contributed by atoms with Crippen LogP contribution < -0.4 is 5.32 Å². The van der Waals surface area contributed by atoms with E-state index in [1.807, 2.05) is 6.07 Å². The predicted octanol–water partition coefficient (Wildman–Crippen LogP) is 5.32. The van der Waals surface area contributed by atoms with Gasteiger partial charge in [-0.1, -0.05) is 40.2 Å². The summed E-state index contributed by atoms with van der Waals surface area (Å²) >= 11 is 3.36. The first-order chi connectivity index (χ1) is 11.5. The molecule has 1 N–H and O–H groups in total. The minimum atomic E-state index is -0.412. The van der Waals surface area contributed by atoms with Crippen molar-refractivity contribution in [2.45, 2.75) is 18.4 Å². The first-order valence-corrected chi connectivity index (χ1v) is 8.50. The standard InChI is InChI=1S/C18H14BrFN2O2/c19-11-8-15-13-2-1-3-14(13)17(21-18(15)16(20)9-11)10-4-6-12(7-5-10)22(23)24/h1-2,4-9,13-14,17,21H,3H2/t13-,14+,17-/m0/s1. The number of nitro groups is 1. The van der Waals surface area contributed by atoms with E-state index in [1.165, 1.54) is 18.2 Å². The van der Waals surface area contributed by atoms with E-state index in [4.69, 9.17) is 0 Å². The fourth-order valence-corrected chi connectivity index (χ4v) is 4.20. The maximum atomic E-state index is 14.4. The molecule has 2 aromatic rings. The molecule has 0 radical (unpaired) electrons. The third-order valence-electron chi connectivity index (χ3n) is 4.85. The van der Waals surface area contributed by atoms with E-state index in [0.717, 1.165) is 22.0 Å². The SMILES string of the molecule is O=[N+]([O-])c1ccc([C@@H]2Nc3c(F)cc(Br)cc3[C@H]3C=CC[C@H]32)cc1. The molecule has 3 atom stereocenters. The third-order valence-corrected chi connectivity index (χ3v) is 5.31. The average Bonchev–Trinajstić information content (AvgIpc) is 3.04. The van der Waals surface area contributed by atoms with Gasteiger partial charge in [-0.25, -0.2) is 4.39 Å². The van der Waals surface area contributed by atoms with Crippen LogP contribution in [0.15, 0.2) is 53.0 Å². The summed E-state index contributed by atoms with van der Waals surface area (Å²) in [6.07, 6.45) is 5.16. The van der Waals surface area contributed by atoms with Crippen molar-refractivity contribution in [2.75, 3.05) is 5.32 Å². The molecule has 6 heteroatoms. The largest absolute Gasteiger partial charge is 0.375 e.